The van der Waals surface area contributed by atoms with Gasteiger partial charge in [-0.1, -0.05) is 59.9 Å². The van der Waals surface area contributed by atoms with E-state index in [0.29, 0.717) is 27.3 Å². The van der Waals surface area contributed by atoms with E-state index >= 15 is 0 Å². The van der Waals surface area contributed by atoms with Crippen molar-refractivity contribution in [1.82, 2.24) is 14.6 Å². The van der Waals surface area contributed by atoms with Crippen molar-refractivity contribution >= 4 is 33.5 Å². The third kappa shape index (κ3) is 2.18. The number of nitrogens with zero attached hydrogens (tertiary/aromatic N) is 3. The van der Waals surface area contributed by atoms with Crippen molar-refractivity contribution < 1.29 is 4.79 Å². The Labute approximate surface area is 151 Å². The number of thiazole rings is 1. The number of hydrogen-bond donors (Lipinski definition) is 1. The summed E-state index contributed by atoms with van der Waals surface area (Å²) in [4.78, 5) is 26.0. The van der Waals surface area contributed by atoms with E-state index in [9.17, 15) is 9.59 Å². The zero-order valence-corrected chi connectivity index (χ0v) is 14.3. The van der Waals surface area contributed by atoms with E-state index in [1.165, 1.54) is 15.7 Å². The van der Waals surface area contributed by atoms with Crippen LogP contribution in [-0.4, -0.2) is 20.5 Å². The second kappa shape index (κ2) is 5.60. The first-order chi connectivity index (χ1) is 12.7. The Hall–Kier alpha value is -3.32. The van der Waals surface area contributed by atoms with Crippen LogP contribution in [0.3, 0.4) is 0 Å². The fraction of sp³-hybridized carbons (Fsp3) is 0.0526. The maximum absolute atomic E-state index is 13.0. The molecule has 1 amide bonds. The summed E-state index contributed by atoms with van der Waals surface area (Å²) in [6, 6.07) is 17.2. The minimum Gasteiger partial charge on any atom is -0.321 e. The van der Waals surface area contributed by atoms with Crippen molar-refractivity contribution in [3.63, 3.8) is 0 Å². The fourth-order valence-corrected chi connectivity index (χ4v) is 4.23. The van der Waals surface area contributed by atoms with E-state index in [1.54, 1.807) is 0 Å². The second-order valence-corrected chi connectivity index (χ2v) is 6.99. The van der Waals surface area contributed by atoms with Crippen molar-refractivity contribution in [1.29, 1.82) is 0 Å². The van der Waals surface area contributed by atoms with Crippen LogP contribution in [0, 0.1) is 0 Å². The molecule has 0 fully saturated rings. The summed E-state index contributed by atoms with van der Waals surface area (Å²) >= 11 is 1.20. The average molecular weight is 360 g/mol. The first-order valence-electron chi connectivity index (χ1n) is 8.08. The Morgan fingerprint density at radius 3 is 2.58 bits per heavy atom. The molecule has 3 heterocycles. The number of carbonyl (C=O) groups is 1. The first kappa shape index (κ1) is 15.0. The zero-order valence-electron chi connectivity index (χ0n) is 13.5. The predicted molar refractivity (Wildman–Crippen MR) is 99.2 cm³/mol. The van der Waals surface area contributed by atoms with Crippen molar-refractivity contribution in [2.45, 2.75) is 6.42 Å². The summed E-state index contributed by atoms with van der Waals surface area (Å²) in [5.41, 5.74) is 2.68. The number of fused-ring (bicyclic) bond motifs is 2. The highest BCUT2D eigenvalue weighted by Crippen LogP contribution is 2.29. The van der Waals surface area contributed by atoms with Crippen LogP contribution in [-0.2, 0) is 11.2 Å². The Balaban J connectivity index is 1.74. The maximum Gasteiger partial charge on any atom is 0.276 e. The quantitative estimate of drug-likeness (QED) is 0.589. The van der Waals surface area contributed by atoms with Gasteiger partial charge in [-0.25, -0.2) is 4.40 Å². The number of hydrogen-bond acceptors (Lipinski definition) is 5. The van der Waals surface area contributed by atoms with Crippen LogP contribution < -0.4 is 15.4 Å². The van der Waals surface area contributed by atoms with Crippen LogP contribution in [0.4, 0.5) is 5.69 Å². The van der Waals surface area contributed by atoms with E-state index < -0.39 is 0 Å². The second-order valence-electron chi connectivity index (χ2n) is 6.01. The van der Waals surface area contributed by atoms with Gasteiger partial charge < -0.3 is 5.32 Å². The molecule has 126 valence electrons. The van der Waals surface area contributed by atoms with E-state index in [-0.39, 0.29) is 11.5 Å². The lowest BCUT2D eigenvalue weighted by molar-refractivity contribution is -0.110. The lowest BCUT2D eigenvalue weighted by Gasteiger charge is -1.97. The topological polar surface area (TPSA) is 76.4 Å². The molecule has 1 N–H and O–H groups in total. The molecule has 4 aromatic rings. The van der Waals surface area contributed by atoms with Gasteiger partial charge in [0.1, 0.15) is 10.4 Å². The number of aromatic nitrogens is 3. The third-order valence-corrected chi connectivity index (χ3v) is 5.42. The molecule has 1 aliphatic rings. The van der Waals surface area contributed by atoms with Gasteiger partial charge in [0, 0.05) is 17.7 Å². The van der Waals surface area contributed by atoms with E-state index in [4.69, 9.17) is 0 Å². The molecule has 26 heavy (non-hydrogen) atoms. The van der Waals surface area contributed by atoms with Gasteiger partial charge in [0.25, 0.3) is 11.5 Å². The molecule has 0 unspecified atom stereocenters. The molecular weight excluding hydrogens is 348 g/mol. The highest BCUT2D eigenvalue weighted by molar-refractivity contribution is 7.15. The average Bonchev–Trinajstić information content (AvgIpc) is 3.29. The minimum atomic E-state index is -0.259. The summed E-state index contributed by atoms with van der Waals surface area (Å²) in [6.07, 6.45) is 0.505. The fourth-order valence-electron chi connectivity index (χ4n) is 3.20. The third-order valence-electron chi connectivity index (χ3n) is 4.39. The van der Waals surface area contributed by atoms with Crippen molar-refractivity contribution in [3.05, 3.63) is 86.4 Å². The molecule has 2 aromatic heterocycles. The molecule has 6 nitrogen and oxygen atoms in total. The van der Waals surface area contributed by atoms with E-state index in [2.05, 4.69) is 15.5 Å². The Kier molecular flexibility index (Phi) is 3.23. The van der Waals surface area contributed by atoms with Crippen LogP contribution in [0.15, 0.2) is 59.4 Å². The number of amides is 1. The number of benzene rings is 2. The summed E-state index contributed by atoms with van der Waals surface area (Å²) < 4.78 is 1.90. The van der Waals surface area contributed by atoms with Crippen LogP contribution in [0.2, 0.25) is 0 Å². The van der Waals surface area contributed by atoms with Gasteiger partial charge in [-0.3, -0.25) is 9.59 Å². The number of carbonyl (C=O) groups excluding carboxylic acids is 1. The lowest BCUT2D eigenvalue weighted by Crippen LogP contribution is -2.28. The van der Waals surface area contributed by atoms with E-state index in [0.717, 1.165) is 16.8 Å². The van der Waals surface area contributed by atoms with Crippen LogP contribution in [0.25, 0.3) is 10.5 Å². The Bertz CT molecular complexity index is 1270. The van der Waals surface area contributed by atoms with Gasteiger partial charge >= 0.3 is 0 Å². The van der Waals surface area contributed by atoms with Gasteiger partial charge in [0.15, 0.2) is 0 Å². The molecule has 7 heteroatoms. The normalized spacial score (nSPS) is 15.3. The monoisotopic (exact) mass is 360 g/mol. The van der Waals surface area contributed by atoms with Gasteiger partial charge in [0.05, 0.1) is 5.57 Å². The van der Waals surface area contributed by atoms with Crippen molar-refractivity contribution in [3.8, 4) is 0 Å². The van der Waals surface area contributed by atoms with Gasteiger partial charge in [0.2, 0.25) is 4.96 Å². The number of nitrogens with one attached hydrogen (secondary N) is 1. The molecule has 1 aliphatic heterocycles. The highest BCUT2D eigenvalue weighted by atomic mass is 32.1. The molecule has 0 atom stereocenters. The molecule has 2 aromatic carbocycles. The maximum atomic E-state index is 13.0. The molecule has 5 rings (SSSR count). The largest absolute Gasteiger partial charge is 0.321 e. The van der Waals surface area contributed by atoms with Gasteiger partial charge in [-0.05, 0) is 11.6 Å². The molecule has 0 saturated heterocycles. The number of rotatable bonds is 2. The predicted octanol–water partition coefficient (Wildman–Crippen LogP) is 1.61. The minimum absolute atomic E-state index is 0.247. The van der Waals surface area contributed by atoms with Crippen LogP contribution in [0.5, 0.6) is 0 Å². The number of anilines is 1. The number of para-hydroxylation sites is 1. The Morgan fingerprint density at radius 1 is 0.962 bits per heavy atom. The lowest BCUT2D eigenvalue weighted by atomic mass is 10.1. The first-order valence-corrected chi connectivity index (χ1v) is 8.90. The van der Waals surface area contributed by atoms with Crippen LogP contribution >= 0.6 is 11.3 Å². The molecule has 0 radical (unpaired) electrons. The molecule has 0 saturated carbocycles. The Morgan fingerprint density at radius 2 is 1.73 bits per heavy atom. The SMILES string of the molecule is O=C1Nc2ccccc2C1=c1sc2nnc(Cc3ccccc3)n2c1=O. The van der Waals surface area contributed by atoms with Gasteiger partial charge in [-0.15, -0.1) is 10.2 Å². The van der Waals surface area contributed by atoms with Gasteiger partial charge in [-0.2, -0.15) is 0 Å². The molecule has 0 bridgehead atoms. The zero-order chi connectivity index (χ0) is 17.7. The summed E-state index contributed by atoms with van der Waals surface area (Å²) in [6.45, 7) is 0. The summed E-state index contributed by atoms with van der Waals surface area (Å²) in [7, 11) is 0. The standard InChI is InChI=1S/C19H12N4O2S/c24-17-15(12-8-4-5-9-13(12)20-17)16-18(25)23-14(21-22-19(23)26-16)10-11-6-2-1-3-7-11/h1-9H,10H2,(H,20,24). The molecular formula is C19H12N4O2S. The summed E-state index contributed by atoms with van der Waals surface area (Å²) in [5, 5.41) is 11.1. The molecule has 0 spiro atoms. The summed E-state index contributed by atoms with van der Waals surface area (Å²) in [5.74, 6) is 0.316. The van der Waals surface area contributed by atoms with E-state index in [1.807, 2.05) is 54.6 Å². The highest BCUT2D eigenvalue weighted by Gasteiger charge is 2.27. The van der Waals surface area contributed by atoms with Crippen LogP contribution in [0.1, 0.15) is 17.0 Å². The van der Waals surface area contributed by atoms with Crippen molar-refractivity contribution in [2.24, 2.45) is 0 Å². The molecule has 0 aliphatic carbocycles. The smallest absolute Gasteiger partial charge is 0.276 e. The van der Waals surface area contributed by atoms with Crippen molar-refractivity contribution in [2.75, 3.05) is 5.32 Å².